The summed E-state index contributed by atoms with van der Waals surface area (Å²) in [5.41, 5.74) is 0.701. The summed E-state index contributed by atoms with van der Waals surface area (Å²) in [5, 5.41) is 19.2. The van der Waals surface area contributed by atoms with Crippen molar-refractivity contribution in [2.45, 2.75) is 6.10 Å². The first-order valence-corrected chi connectivity index (χ1v) is 6.58. The number of rotatable bonds is 5. The number of phenols is 1. The first-order chi connectivity index (χ1) is 9.77. The van der Waals surface area contributed by atoms with Gasteiger partial charge in [-0.2, -0.15) is 0 Å². The molecule has 1 aromatic carbocycles. The summed E-state index contributed by atoms with van der Waals surface area (Å²) in [4.78, 5) is 8.46. The summed E-state index contributed by atoms with van der Waals surface area (Å²) in [5.74, 6) is 0.171. The van der Waals surface area contributed by atoms with Gasteiger partial charge in [0.2, 0.25) is 0 Å². The van der Waals surface area contributed by atoms with Crippen molar-refractivity contribution in [1.29, 1.82) is 0 Å². The fourth-order valence-electron chi connectivity index (χ4n) is 1.82. The lowest BCUT2D eigenvalue weighted by Gasteiger charge is -2.14. The molecule has 20 heavy (non-hydrogen) atoms. The smallest absolute Gasteiger partial charge is 0.124 e. The first kappa shape index (κ1) is 14.2. The molecule has 0 amide bonds. The molecule has 1 aliphatic rings. The highest BCUT2D eigenvalue weighted by Crippen LogP contribution is 2.12. The van der Waals surface area contributed by atoms with E-state index in [1.807, 2.05) is 24.3 Å². The molecule has 4 nitrogen and oxygen atoms in total. The van der Waals surface area contributed by atoms with Gasteiger partial charge in [0, 0.05) is 23.9 Å². The summed E-state index contributed by atoms with van der Waals surface area (Å²) in [6.07, 6.45) is 10.3. The lowest BCUT2D eigenvalue weighted by atomic mass is 9.99. The van der Waals surface area contributed by atoms with Gasteiger partial charge in [-0.3, -0.25) is 9.98 Å². The summed E-state index contributed by atoms with van der Waals surface area (Å²) in [6.45, 7) is 1.11. The van der Waals surface area contributed by atoms with Crippen LogP contribution in [0.25, 0.3) is 0 Å². The topological polar surface area (TPSA) is 65.2 Å². The third-order valence-electron chi connectivity index (χ3n) is 2.95. The van der Waals surface area contributed by atoms with E-state index < -0.39 is 6.10 Å². The number of phenolic OH excluding ortho intramolecular Hbond substituents is 1. The SMILES string of the molecule is Oc1ccccc1/C=N/CC/N=C/C1C=CC=CC1O. The number of nitrogens with zero attached hydrogens (tertiary/aromatic N) is 2. The van der Waals surface area contributed by atoms with Crippen LogP contribution >= 0.6 is 0 Å². The van der Waals surface area contributed by atoms with Crippen LogP contribution < -0.4 is 0 Å². The molecule has 0 radical (unpaired) electrons. The second kappa shape index (κ2) is 7.40. The Hall–Kier alpha value is -2.20. The molecule has 0 heterocycles. The van der Waals surface area contributed by atoms with Crippen molar-refractivity contribution in [3.8, 4) is 5.75 Å². The van der Waals surface area contributed by atoms with Crippen molar-refractivity contribution in [1.82, 2.24) is 0 Å². The highest BCUT2D eigenvalue weighted by atomic mass is 16.3. The molecule has 0 aliphatic heterocycles. The van der Waals surface area contributed by atoms with E-state index >= 15 is 0 Å². The molecule has 0 saturated heterocycles. The third kappa shape index (κ3) is 4.17. The van der Waals surface area contributed by atoms with Gasteiger partial charge < -0.3 is 10.2 Å². The van der Waals surface area contributed by atoms with Gasteiger partial charge in [0.1, 0.15) is 5.75 Å². The molecule has 0 bridgehead atoms. The molecule has 0 fully saturated rings. The molecule has 1 aliphatic carbocycles. The minimum Gasteiger partial charge on any atom is -0.507 e. The second-order valence-corrected chi connectivity index (χ2v) is 4.49. The number of hydrogen-bond donors (Lipinski definition) is 2. The fraction of sp³-hybridized carbons (Fsp3) is 0.250. The highest BCUT2D eigenvalue weighted by molar-refractivity contribution is 5.83. The van der Waals surface area contributed by atoms with Crippen molar-refractivity contribution in [2.24, 2.45) is 15.9 Å². The van der Waals surface area contributed by atoms with E-state index in [4.69, 9.17) is 0 Å². The normalized spacial score (nSPS) is 22.1. The number of hydrogen-bond acceptors (Lipinski definition) is 4. The molecule has 1 aromatic rings. The minimum absolute atomic E-state index is 0.0536. The largest absolute Gasteiger partial charge is 0.507 e. The van der Waals surface area contributed by atoms with Crippen LogP contribution in [0.4, 0.5) is 0 Å². The number of aromatic hydroxyl groups is 1. The number of aliphatic hydroxyl groups is 1. The van der Waals surface area contributed by atoms with Gasteiger partial charge in [-0.1, -0.05) is 36.4 Å². The minimum atomic E-state index is -0.492. The van der Waals surface area contributed by atoms with Crippen LogP contribution in [0.3, 0.4) is 0 Å². The van der Waals surface area contributed by atoms with Crippen LogP contribution in [0.5, 0.6) is 5.75 Å². The Morgan fingerprint density at radius 2 is 1.80 bits per heavy atom. The molecule has 0 aromatic heterocycles. The number of allylic oxidation sites excluding steroid dienone is 2. The molecule has 2 N–H and O–H groups in total. The van der Waals surface area contributed by atoms with E-state index in [0.29, 0.717) is 18.7 Å². The molecular formula is C16H18N2O2. The van der Waals surface area contributed by atoms with E-state index in [9.17, 15) is 10.2 Å². The summed E-state index contributed by atoms with van der Waals surface area (Å²) < 4.78 is 0. The Kier molecular flexibility index (Phi) is 5.26. The Morgan fingerprint density at radius 3 is 2.60 bits per heavy atom. The fourth-order valence-corrected chi connectivity index (χ4v) is 1.82. The van der Waals surface area contributed by atoms with Crippen LogP contribution in [-0.4, -0.2) is 41.8 Å². The Morgan fingerprint density at radius 1 is 1.05 bits per heavy atom. The predicted molar refractivity (Wildman–Crippen MR) is 81.7 cm³/mol. The maximum absolute atomic E-state index is 9.66. The summed E-state index contributed by atoms with van der Waals surface area (Å²) >= 11 is 0. The lowest BCUT2D eigenvalue weighted by Crippen LogP contribution is -2.19. The highest BCUT2D eigenvalue weighted by Gasteiger charge is 2.12. The standard InChI is InChI=1S/C16H18N2O2/c19-15-7-3-1-5-13(15)11-17-9-10-18-12-14-6-2-4-8-16(14)20/h1-8,11-13,15,19-20H,9-10H2/b17-11+,18-12+. The van der Waals surface area contributed by atoms with Crippen molar-refractivity contribution in [2.75, 3.05) is 13.1 Å². The van der Waals surface area contributed by atoms with Crippen molar-refractivity contribution in [3.05, 3.63) is 54.1 Å². The van der Waals surface area contributed by atoms with Crippen molar-refractivity contribution >= 4 is 12.4 Å². The van der Waals surface area contributed by atoms with Gasteiger partial charge in [0.15, 0.2) is 0 Å². The second-order valence-electron chi connectivity index (χ2n) is 4.49. The zero-order valence-corrected chi connectivity index (χ0v) is 11.1. The molecule has 0 saturated carbocycles. The number of para-hydroxylation sites is 1. The van der Waals surface area contributed by atoms with Gasteiger partial charge >= 0.3 is 0 Å². The van der Waals surface area contributed by atoms with E-state index in [1.54, 1.807) is 36.7 Å². The van der Waals surface area contributed by atoms with Gasteiger partial charge in [-0.25, -0.2) is 0 Å². The molecule has 2 rings (SSSR count). The summed E-state index contributed by atoms with van der Waals surface area (Å²) in [6, 6.07) is 7.05. The van der Waals surface area contributed by atoms with Gasteiger partial charge in [-0.05, 0) is 12.1 Å². The zero-order valence-electron chi connectivity index (χ0n) is 11.1. The molecule has 2 unspecified atom stereocenters. The lowest BCUT2D eigenvalue weighted by molar-refractivity contribution is 0.204. The summed E-state index contributed by atoms with van der Waals surface area (Å²) in [7, 11) is 0. The quantitative estimate of drug-likeness (QED) is 0.634. The van der Waals surface area contributed by atoms with Gasteiger partial charge in [0.25, 0.3) is 0 Å². The number of aliphatic hydroxyl groups excluding tert-OH is 1. The number of benzene rings is 1. The van der Waals surface area contributed by atoms with Crippen molar-refractivity contribution in [3.63, 3.8) is 0 Å². The Labute approximate surface area is 118 Å². The monoisotopic (exact) mass is 270 g/mol. The van der Waals surface area contributed by atoms with Crippen LogP contribution in [0.1, 0.15) is 5.56 Å². The van der Waals surface area contributed by atoms with Crippen LogP contribution in [0.15, 0.2) is 58.6 Å². The van der Waals surface area contributed by atoms with E-state index in [0.717, 1.165) is 0 Å². The van der Waals surface area contributed by atoms with E-state index in [2.05, 4.69) is 9.98 Å². The van der Waals surface area contributed by atoms with E-state index in [1.165, 1.54) is 0 Å². The number of aliphatic imine (C=N–C) groups is 2. The molecule has 2 atom stereocenters. The predicted octanol–water partition coefficient (Wildman–Crippen LogP) is 1.99. The maximum Gasteiger partial charge on any atom is 0.124 e. The molecule has 4 heteroatoms. The van der Waals surface area contributed by atoms with E-state index in [-0.39, 0.29) is 11.7 Å². The maximum atomic E-state index is 9.66. The van der Waals surface area contributed by atoms with Gasteiger partial charge in [0.05, 0.1) is 19.2 Å². The average Bonchev–Trinajstić information content (AvgIpc) is 2.46. The Balaban J connectivity index is 1.75. The van der Waals surface area contributed by atoms with Crippen LogP contribution in [0.2, 0.25) is 0 Å². The first-order valence-electron chi connectivity index (χ1n) is 6.58. The Bertz CT molecular complexity index is 547. The van der Waals surface area contributed by atoms with Crippen LogP contribution in [-0.2, 0) is 0 Å². The van der Waals surface area contributed by atoms with Gasteiger partial charge in [-0.15, -0.1) is 0 Å². The average molecular weight is 270 g/mol. The zero-order chi connectivity index (χ0) is 14.2. The van der Waals surface area contributed by atoms with Crippen LogP contribution in [0, 0.1) is 5.92 Å². The third-order valence-corrected chi connectivity index (χ3v) is 2.95. The molecule has 104 valence electrons. The molecular weight excluding hydrogens is 252 g/mol. The molecule has 0 spiro atoms. The van der Waals surface area contributed by atoms with Crippen molar-refractivity contribution < 1.29 is 10.2 Å².